The number of nitrogens with zero attached hydrogens (tertiary/aromatic N) is 4. The van der Waals surface area contributed by atoms with Crippen LogP contribution in [0.1, 0.15) is 37.2 Å². The summed E-state index contributed by atoms with van der Waals surface area (Å²) in [6, 6.07) is 6.01. The van der Waals surface area contributed by atoms with E-state index in [2.05, 4.69) is 23.4 Å². The normalized spacial score (nSPS) is 15.5. The first-order chi connectivity index (χ1) is 11.0. The van der Waals surface area contributed by atoms with Crippen molar-refractivity contribution in [3.05, 3.63) is 30.1 Å². The minimum absolute atomic E-state index is 0.00852. The summed E-state index contributed by atoms with van der Waals surface area (Å²) in [7, 11) is 0. The van der Waals surface area contributed by atoms with Crippen LogP contribution in [0.25, 0.3) is 11.0 Å². The zero-order valence-electron chi connectivity index (χ0n) is 13.8. The number of aromatic nitrogens is 2. The largest absolute Gasteiger partial charge is 0.339 e. The summed E-state index contributed by atoms with van der Waals surface area (Å²) < 4.78 is 2.09. The summed E-state index contributed by atoms with van der Waals surface area (Å²) >= 11 is 0. The first-order valence-corrected chi connectivity index (χ1v) is 7.98. The van der Waals surface area contributed by atoms with Gasteiger partial charge in [0.1, 0.15) is 0 Å². The monoisotopic (exact) mass is 314 g/mol. The summed E-state index contributed by atoms with van der Waals surface area (Å²) in [5, 5.41) is 0. The van der Waals surface area contributed by atoms with Crippen LogP contribution in [0.3, 0.4) is 0 Å². The van der Waals surface area contributed by atoms with Gasteiger partial charge in [-0.3, -0.25) is 9.59 Å². The molecule has 2 amide bonds. The molecule has 6 heteroatoms. The fourth-order valence-corrected chi connectivity index (χ4v) is 2.98. The number of hydrogen-bond acceptors (Lipinski definition) is 3. The van der Waals surface area contributed by atoms with Crippen molar-refractivity contribution in [2.24, 2.45) is 0 Å². The number of amides is 2. The van der Waals surface area contributed by atoms with Crippen molar-refractivity contribution >= 4 is 22.8 Å². The molecular formula is C17H22N4O2. The van der Waals surface area contributed by atoms with Crippen LogP contribution < -0.4 is 0 Å². The van der Waals surface area contributed by atoms with Crippen LogP contribution in [0.4, 0.5) is 0 Å². The van der Waals surface area contributed by atoms with E-state index < -0.39 is 0 Å². The van der Waals surface area contributed by atoms with Gasteiger partial charge in [-0.2, -0.15) is 0 Å². The number of carbonyl (C=O) groups is 2. The van der Waals surface area contributed by atoms with Gasteiger partial charge >= 0.3 is 0 Å². The van der Waals surface area contributed by atoms with Gasteiger partial charge in [0.15, 0.2) is 0 Å². The van der Waals surface area contributed by atoms with E-state index in [1.165, 1.54) is 0 Å². The highest BCUT2D eigenvalue weighted by Gasteiger charge is 2.23. The Balaban J connectivity index is 1.78. The van der Waals surface area contributed by atoms with Gasteiger partial charge in [-0.05, 0) is 32.0 Å². The number of hydrogen-bond donors (Lipinski definition) is 0. The lowest BCUT2D eigenvalue weighted by atomic mass is 10.1. The highest BCUT2D eigenvalue weighted by molar-refractivity contribution is 5.97. The molecule has 0 atom stereocenters. The maximum Gasteiger partial charge on any atom is 0.254 e. The van der Waals surface area contributed by atoms with Crippen molar-refractivity contribution in [3.63, 3.8) is 0 Å². The predicted molar refractivity (Wildman–Crippen MR) is 88.3 cm³/mol. The molecule has 0 N–H and O–H groups in total. The van der Waals surface area contributed by atoms with E-state index in [-0.39, 0.29) is 11.8 Å². The summed E-state index contributed by atoms with van der Waals surface area (Å²) in [6.45, 7) is 8.14. The number of imidazole rings is 1. The molecular weight excluding hydrogens is 292 g/mol. The average molecular weight is 314 g/mol. The predicted octanol–water partition coefficient (Wildman–Crippen LogP) is 1.92. The van der Waals surface area contributed by atoms with Crippen molar-refractivity contribution in [1.29, 1.82) is 0 Å². The van der Waals surface area contributed by atoms with Crippen molar-refractivity contribution in [1.82, 2.24) is 19.4 Å². The van der Waals surface area contributed by atoms with E-state index in [1.54, 1.807) is 16.7 Å². The lowest BCUT2D eigenvalue weighted by molar-refractivity contribution is -0.130. The molecule has 3 rings (SSSR count). The molecule has 0 aliphatic carbocycles. The molecule has 0 spiro atoms. The second-order valence-corrected chi connectivity index (χ2v) is 6.25. The zero-order chi connectivity index (χ0) is 16.6. The quantitative estimate of drug-likeness (QED) is 0.851. The molecule has 0 bridgehead atoms. The van der Waals surface area contributed by atoms with Gasteiger partial charge in [-0.15, -0.1) is 0 Å². The van der Waals surface area contributed by atoms with Crippen molar-refractivity contribution < 1.29 is 9.59 Å². The minimum atomic E-state index is 0.00852. The first-order valence-electron chi connectivity index (χ1n) is 7.98. The zero-order valence-corrected chi connectivity index (χ0v) is 13.8. The Bertz CT molecular complexity index is 742. The summed E-state index contributed by atoms with van der Waals surface area (Å²) in [5.74, 6) is 0.0759. The van der Waals surface area contributed by atoms with Crippen LogP contribution in [0.2, 0.25) is 0 Å². The Kier molecular flexibility index (Phi) is 4.07. The molecule has 0 saturated carbocycles. The fraction of sp³-hybridized carbons (Fsp3) is 0.471. The Hall–Kier alpha value is -2.37. The SMILES string of the molecule is CC(=O)N1CCN(C(=O)c2ccc3c(c2)ncn3C(C)C)CC1. The summed E-state index contributed by atoms with van der Waals surface area (Å²) in [5.41, 5.74) is 2.53. The Morgan fingerprint density at radius 1 is 1.09 bits per heavy atom. The van der Waals surface area contributed by atoms with Crippen LogP contribution in [-0.2, 0) is 4.79 Å². The first kappa shape index (κ1) is 15.5. The van der Waals surface area contributed by atoms with Gasteiger partial charge in [0, 0.05) is 44.7 Å². The summed E-state index contributed by atoms with van der Waals surface area (Å²) in [6.07, 6.45) is 1.81. The maximum absolute atomic E-state index is 12.6. The number of rotatable bonds is 2. The smallest absolute Gasteiger partial charge is 0.254 e. The molecule has 1 fully saturated rings. The van der Waals surface area contributed by atoms with Gasteiger partial charge in [-0.25, -0.2) is 4.98 Å². The molecule has 122 valence electrons. The molecule has 1 aromatic carbocycles. The van der Waals surface area contributed by atoms with Crippen molar-refractivity contribution in [3.8, 4) is 0 Å². The minimum Gasteiger partial charge on any atom is -0.339 e. The Labute approximate surface area is 135 Å². The van der Waals surface area contributed by atoms with Crippen molar-refractivity contribution in [2.75, 3.05) is 26.2 Å². The second-order valence-electron chi connectivity index (χ2n) is 6.25. The Morgan fingerprint density at radius 2 is 1.74 bits per heavy atom. The maximum atomic E-state index is 12.6. The van der Waals surface area contributed by atoms with Gasteiger partial charge in [-0.1, -0.05) is 0 Å². The van der Waals surface area contributed by atoms with Crippen LogP contribution >= 0.6 is 0 Å². The van der Waals surface area contributed by atoms with E-state index in [4.69, 9.17) is 0 Å². The van der Waals surface area contributed by atoms with E-state index in [0.717, 1.165) is 11.0 Å². The topological polar surface area (TPSA) is 58.4 Å². The van der Waals surface area contributed by atoms with Gasteiger partial charge in [0.25, 0.3) is 5.91 Å². The van der Waals surface area contributed by atoms with Gasteiger partial charge in [0.2, 0.25) is 5.91 Å². The molecule has 1 aliphatic rings. The number of carbonyl (C=O) groups excluding carboxylic acids is 2. The van der Waals surface area contributed by atoms with Gasteiger partial charge in [0.05, 0.1) is 17.4 Å². The highest BCUT2D eigenvalue weighted by atomic mass is 16.2. The van der Waals surface area contributed by atoms with Crippen molar-refractivity contribution in [2.45, 2.75) is 26.8 Å². The van der Waals surface area contributed by atoms with Crippen LogP contribution in [0.15, 0.2) is 24.5 Å². The average Bonchev–Trinajstić information content (AvgIpc) is 2.97. The molecule has 2 aromatic rings. The molecule has 0 unspecified atom stereocenters. The number of benzene rings is 1. The summed E-state index contributed by atoms with van der Waals surface area (Å²) in [4.78, 5) is 32.0. The molecule has 1 saturated heterocycles. The lowest BCUT2D eigenvalue weighted by Crippen LogP contribution is -2.50. The third kappa shape index (κ3) is 2.93. The molecule has 23 heavy (non-hydrogen) atoms. The molecule has 0 radical (unpaired) electrons. The second kappa shape index (κ2) is 6.02. The van der Waals surface area contributed by atoms with Crippen LogP contribution in [0.5, 0.6) is 0 Å². The molecule has 6 nitrogen and oxygen atoms in total. The van der Waals surface area contributed by atoms with E-state index in [0.29, 0.717) is 37.8 Å². The Morgan fingerprint density at radius 3 is 2.35 bits per heavy atom. The standard InChI is InChI=1S/C17H22N4O2/c1-12(2)21-11-18-15-10-14(4-5-16(15)21)17(23)20-8-6-19(7-9-20)13(3)22/h4-5,10-12H,6-9H2,1-3H3. The third-order valence-electron chi connectivity index (χ3n) is 4.39. The molecule has 1 aliphatic heterocycles. The number of piperazine rings is 1. The van der Waals surface area contributed by atoms with E-state index in [1.807, 2.05) is 24.5 Å². The van der Waals surface area contributed by atoms with E-state index >= 15 is 0 Å². The molecule has 2 heterocycles. The fourth-order valence-electron chi connectivity index (χ4n) is 2.98. The van der Waals surface area contributed by atoms with Crippen LogP contribution in [-0.4, -0.2) is 57.3 Å². The third-order valence-corrected chi connectivity index (χ3v) is 4.39. The lowest BCUT2D eigenvalue weighted by Gasteiger charge is -2.34. The number of fused-ring (bicyclic) bond motifs is 1. The van der Waals surface area contributed by atoms with E-state index in [9.17, 15) is 9.59 Å². The highest BCUT2D eigenvalue weighted by Crippen LogP contribution is 2.20. The van der Waals surface area contributed by atoms with Crippen LogP contribution in [0, 0.1) is 0 Å². The van der Waals surface area contributed by atoms with Gasteiger partial charge < -0.3 is 14.4 Å². The molecule has 1 aromatic heterocycles.